The Morgan fingerprint density at radius 3 is 2.38 bits per heavy atom. The lowest BCUT2D eigenvalue weighted by Crippen LogP contribution is -2.45. The molecule has 21 heavy (non-hydrogen) atoms. The second-order valence-electron chi connectivity index (χ2n) is 4.78. The summed E-state index contributed by atoms with van der Waals surface area (Å²) in [4.78, 5) is -0.0777. The Bertz CT molecular complexity index is 587. The number of hydrogen-bond donors (Lipinski definition) is 1. The van der Waals surface area contributed by atoms with Gasteiger partial charge in [0.1, 0.15) is 5.75 Å². The van der Waals surface area contributed by atoms with Crippen LogP contribution in [0.15, 0.2) is 29.2 Å². The van der Waals surface area contributed by atoms with Crippen LogP contribution in [0.1, 0.15) is 12.8 Å². The van der Waals surface area contributed by atoms with Crippen LogP contribution in [0.25, 0.3) is 0 Å². The molecule has 1 atom stereocenters. The number of sulfonamides is 1. The Balaban J connectivity index is 2.17. The highest BCUT2D eigenvalue weighted by atomic mass is 32.2. The SMILES string of the molecule is N[C@H]1CCCN(S(=O)(=O)c2ccc(OC(F)(F)F)cc2)C1. The smallest absolute Gasteiger partial charge is 0.406 e. The monoisotopic (exact) mass is 324 g/mol. The summed E-state index contributed by atoms with van der Waals surface area (Å²) in [5.41, 5.74) is 5.74. The van der Waals surface area contributed by atoms with Crippen molar-refractivity contribution in [3.8, 4) is 5.75 Å². The van der Waals surface area contributed by atoms with E-state index in [2.05, 4.69) is 4.74 Å². The molecule has 0 bridgehead atoms. The molecule has 2 N–H and O–H groups in total. The largest absolute Gasteiger partial charge is 0.573 e. The molecule has 0 saturated carbocycles. The summed E-state index contributed by atoms with van der Waals surface area (Å²) in [6, 6.07) is 3.92. The standard InChI is InChI=1S/C12H15F3N2O3S/c13-12(14,15)20-10-3-5-11(6-4-10)21(18,19)17-7-1-2-9(16)8-17/h3-6,9H,1-2,7-8,16H2/t9-/m0/s1. The van der Waals surface area contributed by atoms with Gasteiger partial charge in [-0.2, -0.15) is 4.31 Å². The van der Waals surface area contributed by atoms with Crippen molar-refractivity contribution in [3.05, 3.63) is 24.3 Å². The first-order valence-corrected chi connectivity index (χ1v) is 7.74. The van der Waals surface area contributed by atoms with Crippen LogP contribution in [0.4, 0.5) is 13.2 Å². The molecule has 2 rings (SSSR count). The average molecular weight is 324 g/mol. The maximum Gasteiger partial charge on any atom is 0.573 e. The average Bonchev–Trinajstić information content (AvgIpc) is 2.37. The number of hydrogen-bond acceptors (Lipinski definition) is 4. The molecule has 0 aromatic heterocycles. The topological polar surface area (TPSA) is 72.6 Å². The molecule has 0 unspecified atom stereocenters. The number of halogens is 3. The lowest BCUT2D eigenvalue weighted by Gasteiger charge is -2.29. The molecule has 9 heteroatoms. The van der Waals surface area contributed by atoms with Gasteiger partial charge in [0.2, 0.25) is 10.0 Å². The third-order valence-electron chi connectivity index (χ3n) is 3.12. The lowest BCUT2D eigenvalue weighted by atomic mass is 10.1. The van der Waals surface area contributed by atoms with Gasteiger partial charge in [-0.3, -0.25) is 0 Å². The van der Waals surface area contributed by atoms with E-state index in [9.17, 15) is 21.6 Å². The summed E-state index contributed by atoms with van der Waals surface area (Å²) < 4.78 is 65.8. The van der Waals surface area contributed by atoms with E-state index in [-0.39, 0.29) is 17.5 Å². The van der Waals surface area contributed by atoms with E-state index in [1.54, 1.807) is 0 Å². The van der Waals surface area contributed by atoms with Crippen molar-refractivity contribution in [1.29, 1.82) is 0 Å². The summed E-state index contributed by atoms with van der Waals surface area (Å²) in [6.45, 7) is 0.569. The molecule has 1 saturated heterocycles. The molecule has 0 aliphatic carbocycles. The van der Waals surface area contributed by atoms with Crippen molar-refractivity contribution in [2.45, 2.75) is 30.1 Å². The molecule has 1 heterocycles. The number of piperidine rings is 1. The minimum Gasteiger partial charge on any atom is -0.406 e. The fourth-order valence-corrected chi connectivity index (χ4v) is 3.69. The molecule has 0 radical (unpaired) electrons. The molecular weight excluding hydrogens is 309 g/mol. The molecule has 118 valence electrons. The van der Waals surface area contributed by atoms with E-state index >= 15 is 0 Å². The number of nitrogens with zero attached hydrogens (tertiary/aromatic N) is 1. The summed E-state index contributed by atoms with van der Waals surface area (Å²) in [5, 5.41) is 0. The Morgan fingerprint density at radius 2 is 1.86 bits per heavy atom. The molecule has 5 nitrogen and oxygen atoms in total. The van der Waals surface area contributed by atoms with Crippen LogP contribution in [0.3, 0.4) is 0 Å². The number of alkyl halides is 3. The van der Waals surface area contributed by atoms with E-state index in [0.29, 0.717) is 13.0 Å². The van der Waals surface area contributed by atoms with Crippen LogP contribution in [0.2, 0.25) is 0 Å². The molecule has 1 aromatic rings. The van der Waals surface area contributed by atoms with E-state index < -0.39 is 22.1 Å². The van der Waals surface area contributed by atoms with Gasteiger partial charge in [-0.1, -0.05) is 0 Å². The van der Waals surface area contributed by atoms with Crippen LogP contribution in [0, 0.1) is 0 Å². The van der Waals surface area contributed by atoms with E-state index in [1.165, 1.54) is 4.31 Å². The molecule has 0 spiro atoms. The summed E-state index contributed by atoms with van der Waals surface area (Å²) in [6.07, 6.45) is -3.39. The Labute approximate surface area is 120 Å². The third kappa shape index (κ3) is 4.08. The van der Waals surface area contributed by atoms with Crippen LogP contribution >= 0.6 is 0 Å². The number of benzene rings is 1. The Hall–Kier alpha value is -1.32. The summed E-state index contributed by atoms with van der Waals surface area (Å²) >= 11 is 0. The van der Waals surface area contributed by atoms with Crippen molar-refractivity contribution in [2.75, 3.05) is 13.1 Å². The first-order valence-electron chi connectivity index (χ1n) is 6.30. The van der Waals surface area contributed by atoms with E-state index in [0.717, 1.165) is 30.7 Å². The van der Waals surface area contributed by atoms with E-state index in [4.69, 9.17) is 5.73 Å². The van der Waals surface area contributed by atoms with Crippen molar-refractivity contribution < 1.29 is 26.3 Å². The van der Waals surface area contributed by atoms with Gasteiger partial charge >= 0.3 is 6.36 Å². The summed E-state index contributed by atoms with van der Waals surface area (Å²) in [5.74, 6) is -0.461. The third-order valence-corrected chi connectivity index (χ3v) is 5.00. The highest BCUT2D eigenvalue weighted by molar-refractivity contribution is 7.89. The Kier molecular flexibility index (Phi) is 4.45. The zero-order valence-electron chi connectivity index (χ0n) is 11.0. The number of nitrogens with two attached hydrogens (primary N) is 1. The molecule has 0 amide bonds. The second-order valence-corrected chi connectivity index (χ2v) is 6.72. The summed E-state index contributed by atoms with van der Waals surface area (Å²) in [7, 11) is -3.74. The van der Waals surface area contributed by atoms with Crippen LogP contribution in [0.5, 0.6) is 5.75 Å². The quantitative estimate of drug-likeness (QED) is 0.918. The maximum atomic E-state index is 12.3. The lowest BCUT2D eigenvalue weighted by molar-refractivity contribution is -0.274. The zero-order valence-corrected chi connectivity index (χ0v) is 11.8. The maximum absolute atomic E-state index is 12.3. The van der Waals surface area contributed by atoms with Gasteiger partial charge in [0.05, 0.1) is 4.90 Å². The normalized spacial score (nSPS) is 21.2. The Morgan fingerprint density at radius 1 is 1.24 bits per heavy atom. The van der Waals surface area contributed by atoms with Gasteiger partial charge in [0.25, 0.3) is 0 Å². The first-order chi connectivity index (χ1) is 9.68. The highest BCUT2D eigenvalue weighted by Crippen LogP contribution is 2.26. The zero-order chi connectivity index (χ0) is 15.7. The van der Waals surface area contributed by atoms with Crippen molar-refractivity contribution in [2.24, 2.45) is 5.73 Å². The van der Waals surface area contributed by atoms with E-state index in [1.807, 2.05) is 0 Å². The highest BCUT2D eigenvalue weighted by Gasteiger charge is 2.32. The predicted molar refractivity (Wildman–Crippen MR) is 69.1 cm³/mol. The van der Waals surface area contributed by atoms with Crippen molar-refractivity contribution >= 4 is 10.0 Å². The first kappa shape index (κ1) is 16.1. The van der Waals surface area contributed by atoms with Gasteiger partial charge < -0.3 is 10.5 Å². The second kappa shape index (κ2) is 5.82. The molecule has 1 aliphatic heterocycles. The van der Waals surface area contributed by atoms with Crippen LogP contribution < -0.4 is 10.5 Å². The van der Waals surface area contributed by atoms with Gasteiger partial charge in [-0.15, -0.1) is 13.2 Å². The minimum absolute atomic E-state index is 0.0777. The van der Waals surface area contributed by atoms with Crippen LogP contribution in [-0.2, 0) is 10.0 Å². The fourth-order valence-electron chi connectivity index (χ4n) is 2.15. The minimum atomic E-state index is -4.81. The van der Waals surface area contributed by atoms with Crippen LogP contribution in [-0.4, -0.2) is 38.2 Å². The van der Waals surface area contributed by atoms with Gasteiger partial charge in [-0.05, 0) is 37.1 Å². The molecule has 1 aromatic carbocycles. The number of ether oxygens (including phenoxy) is 1. The molecule has 1 aliphatic rings. The number of rotatable bonds is 3. The van der Waals surface area contributed by atoms with Crippen molar-refractivity contribution in [1.82, 2.24) is 4.31 Å². The molecule has 1 fully saturated rings. The molecular formula is C12H15F3N2O3S. The van der Waals surface area contributed by atoms with Gasteiger partial charge in [0, 0.05) is 19.1 Å². The predicted octanol–water partition coefficient (Wildman–Crippen LogP) is 1.70. The van der Waals surface area contributed by atoms with Crippen molar-refractivity contribution in [3.63, 3.8) is 0 Å². The van der Waals surface area contributed by atoms with Gasteiger partial charge in [0.15, 0.2) is 0 Å². The van der Waals surface area contributed by atoms with Gasteiger partial charge in [-0.25, -0.2) is 8.42 Å². The fraction of sp³-hybridized carbons (Fsp3) is 0.500.